The second-order valence-electron chi connectivity index (χ2n) is 4.44. The molecule has 18 heavy (non-hydrogen) atoms. The lowest BCUT2D eigenvalue weighted by Gasteiger charge is -2.10. The molecule has 0 saturated carbocycles. The van der Waals surface area contributed by atoms with Crippen LogP contribution in [0.1, 0.15) is 34.1 Å². The van der Waals surface area contributed by atoms with Crippen LogP contribution in [-0.4, -0.2) is 16.5 Å². The van der Waals surface area contributed by atoms with Gasteiger partial charge in [0.15, 0.2) is 0 Å². The zero-order valence-electron chi connectivity index (χ0n) is 10.9. The Morgan fingerprint density at radius 1 is 1.22 bits per heavy atom. The average molecular weight is 261 g/mol. The molecule has 0 amide bonds. The van der Waals surface area contributed by atoms with E-state index in [1.54, 1.807) is 11.3 Å². The molecule has 0 unspecified atom stereocenters. The van der Waals surface area contributed by atoms with Crippen molar-refractivity contribution in [3.05, 3.63) is 45.2 Å². The number of nitrogens with zero attached hydrogens (tertiary/aromatic N) is 2. The number of aromatic nitrogens is 2. The van der Waals surface area contributed by atoms with Crippen molar-refractivity contribution in [2.24, 2.45) is 5.73 Å². The second-order valence-corrected chi connectivity index (χ2v) is 5.47. The maximum Gasteiger partial charge on any atom is 0.134 e. The van der Waals surface area contributed by atoms with E-state index in [4.69, 9.17) is 5.73 Å². The van der Waals surface area contributed by atoms with Crippen molar-refractivity contribution in [2.75, 3.05) is 6.54 Å². The molecule has 0 aromatic carbocycles. The Morgan fingerprint density at radius 3 is 2.50 bits per heavy atom. The fraction of sp³-hybridized carbons (Fsp3) is 0.429. The molecule has 0 fully saturated rings. The first kappa shape index (κ1) is 13.2. The standard InChI is InChI=1S/C14H19N3S/c1-10-13(6-3-7-15)11(2)17-14(16-10)9-12-5-4-8-18-12/h4-5,8H,3,6-7,9,15H2,1-2H3. The van der Waals surface area contributed by atoms with Gasteiger partial charge in [-0.25, -0.2) is 9.97 Å². The molecule has 0 atom stereocenters. The molecule has 96 valence electrons. The minimum atomic E-state index is 0.718. The lowest BCUT2D eigenvalue weighted by atomic mass is 10.1. The first-order valence-electron chi connectivity index (χ1n) is 6.26. The first-order valence-corrected chi connectivity index (χ1v) is 7.14. The smallest absolute Gasteiger partial charge is 0.134 e. The molecular formula is C14H19N3S. The van der Waals surface area contributed by atoms with Crippen LogP contribution in [0.5, 0.6) is 0 Å². The Labute approximate surface area is 112 Å². The summed E-state index contributed by atoms with van der Waals surface area (Å²) in [7, 11) is 0. The fourth-order valence-corrected chi connectivity index (χ4v) is 2.80. The van der Waals surface area contributed by atoms with E-state index in [1.165, 1.54) is 10.4 Å². The van der Waals surface area contributed by atoms with Gasteiger partial charge in [0.1, 0.15) is 5.82 Å². The third-order valence-electron chi connectivity index (χ3n) is 3.01. The molecule has 2 aromatic rings. The number of hydrogen-bond acceptors (Lipinski definition) is 4. The van der Waals surface area contributed by atoms with Crippen molar-refractivity contribution >= 4 is 11.3 Å². The summed E-state index contributed by atoms with van der Waals surface area (Å²) in [5, 5.41) is 2.09. The lowest BCUT2D eigenvalue weighted by Crippen LogP contribution is -2.08. The van der Waals surface area contributed by atoms with Crippen LogP contribution in [0, 0.1) is 13.8 Å². The topological polar surface area (TPSA) is 51.8 Å². The quantitative estimate of drug-likeness (QED) is 0.900. The number of thiophene rings is 1. The van der Waals surface area contributed by atoms with Crippen molar-refractivity contribution in [1.82, 2.24) is 9.97 Å². The summed E-state index contributed by atoms with van der Waals surface area (Å²) in [6, 6.07) is 4.19. The van der Waals surface area contributed by atoms with E-state index in [-0.39, 0.29) is 0 Å². The molecule has 0 aliphatic rings. The SMILES string of the molecule is Cc1nc(Cc2cccs2)nc(C)c1CCCN. The summed E-state index contributed by atoms with van der Waals surface area (Å²) in [6.07, 6.45) is 2.80. The molecule has 3 nitrogen and oxygen atoms in total. The molecule has 0 aliphatic heterocycles. The minimum Gasteiger partial charge on any atom is -0.330 e. The highest BCUT2D eigenvalue weighted by Gasteiger charge is 2.09. The van der Waals surface area contributed by atoms with Gasteiger partial charge in [-0.1, -0.05) is 6.07 Å². The summed E-state index contributed by atoms with van der Waals surface area (Å²) >= 11 is 1.75. The Balaban J connectivity index is 2.19. The molecule has 0 radical (unpaired) electrons. The van der Waals surface area contributed by atoms with Gasteiger partial charge in [-0.15, -0.1) is 11.3 Å². The van der Waals surface area contributed by atoms with Crippen molar-refractivity contribution < 1.29 is 0 Å². The zero-order valence-corrected chi connectivity index (χ0v) is 11.8. The van der Waals surface area contributed by atoms with Crippen molar-refractivity contribution in [1.29, 1.82) is 0 Å². The van der Waals surface area contributed by atoms with Gasteiger partial charge in [0.2, 0.25) is 0 Å². The predicted molar refractivity (Wildman–Crippen MR) is 76.0 cm³/mol. The van der Waals surface area contributed by atoms with Crippen LogP contribution in [0.15, 0.2) is 17.5 Å². The van der Waals surface area contributed by atoms with E-state index in [9.17, 15) is 0 Å². The van der Waals surface area contributed by atoms with Crippen LogP contribution >= 0.6 is 11.3 Å². The first-order chi connectivity index (χ1) is 8.70. The van der Waals surface area contributed by atoms with Gasteiger partial charge in [0, 0.05) is 22.7 Å². The van der Waals surface area contributed by atoms with Gasteiger partial charge in [-0.3, -0.25) is 0 Å². The Morgan fingerprint density at radius 2 is 1.94 bits per heavy atom. The van der Waals surface area contributed by atoms with E-state index in [1.807, 2.05) is 0 Å². The molecule has 4 heteroatoms. The normalized spacial score (nSPS) is 10.8. The number of aryl methyl sites for hydroxylation is 2. The monoisotopic (exact) mass is 261 g/mol. The van der Waals surface area contributed by atoms with Crippen LogP contribution < -0.4 is 5.73 Å². The highest BCUT2D eigenvalue weighted by molar-refractivity contribution is 7.09. The predicted octanol–water partition coefficient (Wildman–Crippen LogP) is 2.64. The molecule has 2 aromatic heterocycles. The van der Waals surface area contributed by atoms with Crippen LogP contribution in [-0.2, 0) is 12.8 Å². The fourth-order valence-electron chi connectivity index (χ4n) is 2.10. The van der Waals surface area contributed by atoms with Crippen molar-refractivity contribution in [2.45, 2.75) is 33.1 Å². The average Bonchev–Trinajstić information content (AvgIpc) is 2.81. The number of hydrogen-bond donors (Lipinski definition) is 1. The van der Waals surface area contributed by atoms with E-state index in [2.05, 4.69) is 41.3 Å². The van der Waals surface area contributed by atoms with Crippen LogP contribution in [0.25, 0.3) is 0 Å². The lowest BCUT2D eigenvalue weighted by molar-refractivity contribution is 0.792. The Hall–Kier alpha value is -1.26. The molecule has 2 rings (SSSR count). The van der Waals surface area contributed by atoms with Gasteiger partial charge in [0.05, 0.1) is 0 Å². The highest BCUT2D eigenvalue weighted by Crippen LogP contribution is 2.16. The van der Waals surface area contributed by atoms with Crippen LogP contribution in [0.4, 0.5) is 0 Å². The third kappa shape index (κ3) is 3.15. The van der Waals surface area contributed by atoms with E-state index < -0.39 is 0 Å². The second kappa shape index (κ2) is 6.07. The van der Waals surface area contributed by atoms with E-state index in [0.717, 1.165) is 43.0 Å². The van der Waals surface area contributed by atoms with E-state index >= 15 is 0 Å². The van der Waals surface area contributed by atoms with Crippen LogP contribution in [0.3, 0.4) is 0 Å². The third-order valence-corrected chi connectivity index (χ3v) is 3.89. The van der Waals surface area contributed by atoms with E-state index in [0.29, 0.717) is 0 Å². The van der Waals surface area contributed by atoms with Crippen LogP contribution in [0.2, 0.25) is 0 Å². The summed E-state index contributed by atoms with van der Waals surface area (Å²) < 4.78 is 0. The highest BCUT2D eigenvalue weighted by atomic mass is 32.1. The molecule has 0 saturated heterocycles. The maximum absolute atomic E-state index is 5.56. The molecule has 0 bridgehead atoms. The number of rotatable bonds is 5. The van der Waals surface area contributed by atoms with Gasteiger partial charge in [0.25, 0.3) is 0 Å². The summed E-state index contributed by atoms with van der Waals surface area (Å²) in [6.45, 7) is 4.85. The van der Waals surface area contributed by atoms with Gasteiger partial charge < -0.3 is 5.73 Å². The Bertz CT molecular complexity index is 483. The summed E-state index contributed by atoms with van der Waals surface area (Å²) in [5.41, 5.74) is 9.02. The minimum absolute atomic E-state index is 0.718. The molecular weight excluding hydrogens is 242 g/mol. The number of nitrogens with two attached hydrogens (primary N) is 1. The van der Waals surface area contributed by atoms with Gasteiger partial charge >= 0.3 is 0 Å². The van der Waals surface area contributed by atoms with Gasteiger partial charge in [-0.05, 0) is 50.2 Å². The molecule has 2 N–H and O–H groups in total. The van der Waals surface area contributed by atoms with Gasteiger partial charge in [-0.2, -0.15) is 0 Å². The summed E-state index contributed by atoms with van der Waals surface area (Å²) in [5.74, 6) is 0.920. The summed E-state index contributed by atoms with van der Waals surface area (Å²) in [4.78, 5) is 10.5. The maximum atomic E-state index is 5.56. The Kier molecular flexibility index (Phi) is 4.44. The molecule has 2 heterocycles. The van der Waals surface area contributed by atoms with Crippen molar-refractivity contribution in [3.8, 4) is 0 Å². The molecule has 0 spiro atoms. The molecule has 0 aliphatic carbocycles. The zero-order chi connectivity index (χ0) is 13.0. The van der Waals surface area contributed by atoms with Crippen molar-refractivity contribution in [3.63, 3.8) is 0 Å². The largest absolute Gasteiger partial charge is 0.330 e.